The van der Waals surface area contributed by atoms with E-state index in [1.165, 1.54) is 24.3 Å². The van der Waals surface area contributed by atoms with Crippen molar-refractivity contribution in [2.45, 2.75) is 26.6 Å². The number of nitrogens with zero attached hydrogens (tertiary/aromatic N) is 1. The smallest absolute Gasteiger partial charge is 0.416 e. The Morgan fingerprint density at radius 3 is 2.65 bits per heavy atom. The zero-order valence-corrected chi connectivity index (χ0v) is 14.8. The second-order valence-electron chi connectivity index (χ2n) is 5.73. The summed E-state index contributed by atoms with van der Waals surface area (Å²) in [7, 11) is 0. The fraction of sp³-hybridized carbons (Fsp3) is 0.222. The summed E-state index contributed by atoms with van der Waals surface area (Å²) in [5.74, 6) is 0.432. The molecule has 1 heterocycles. The quantitative estimate of drug-likeness (QED) is 0.680. The number of nitrogens with one attached hydrogen (secondary N) is 1. The SMILES string of the molecule is CC(=O)Nc1ccc(OCc2nc3cc(C(F)(F)F)ccc3s2)cc1C. The summed E-state index contributed by atoms with van der Waals surface area (Å²) in [6.07, 6.45) is -4.39. The van der Waals surface area contributed by atoms with E-state index in [0.717, 1.165) is 17.7 Å². The van der Waals surface area contributed by atoms with E-state index in [4.69, 9.17) is 4.74 Å². The van der Waals surface area contributed by atoms with Crippen LogP contribution in [0.3, 0.4) is 0 Å². The Hall–Kier alpha value is -2.61. The maximum atomic E-state index is 12.8. The predicted octanol–water partition coefficient (Wildman–Crippen LogP) is 5.16. The van der Waals surface area contributed by atoms with Crippen LogP contribution in [0.1, 0.15) is 23.1 Å². The van der Waals surface area contributed by atoms with Gasteiger partial charge in [-0.1, -0.05) is 0 Å². The van der Waals surface area contributed by atoms with Crippen LogP contribution in [0.5, 0.6) is 5.75 Å². The minimum absolute atomic E-state index is 0.152. The van der Waals surface area contributed by atoms with Crippen LogP contribution < -0.4 is 10.1 Å². The van der Waals surface area contributed by atoms with Crippen molar-refractivity contribution in [3.05, 3.63) is 52.5 Å². The van der Waals surface area contributed by atoms with Crippen LogP contribution in [0.4, 0.5) is 18.9 Å². The third-order valence-corrected chi connectivity index (χ3v) is 4.64. The van der Waals surface area contributed by atoms with Crippen molar-refractivity contribution in [1.29, 1.82) is 0 Å². The lowest BCUT2D eigenvalue weighted by atomic mass is 10.2. The summed E-state index contributed by atoms with van der Waals surface area (Å²) < 4.78 is 44.6. The monoisotopic (exact) mass is 380 g/mol. The third kappa shape index (κ3) is 4.13. The molecule has 8 heteroatoms. The van der Waals surface area contributed by atoms with Gasteiger partial charge in [0.25, 0.3) is 0 Å². The second kappa shape index (κ2) is 6.95. The average Bonchev–Trinajstić information content (AvgIpc) is 2.96. The Morgan fingerprint density at radius 2 is 2.00 bits per heavy atom. The van der Waals surface area contributed by atoms with Gasteiger partial charge >= 0.3 is 6.18 Å². The fourth-order valence-corrected chi connectivity index (χ4v) is 3.28. The zero-order valence-electron chi connectivity index (χ0n) is 14.0. The Balaban J connectivity index is 1.73. The van der Waals surface area contributed by atoms with Crippen molar-refractivity contribution in [3.63, 3.8) is 0 Å². The minimum Gasteiger partial charge on any atom is -0.486 e. The molecule has 0 saturated carbocycles. The molecule has 2 aromatic carbocycles. The number of aromatic nitrogens is 1. The highest BCUT2D eigenvalue weighted by Crippen LogP contribution is 2.33. The molecule has 4 nitrogen and oxygen atoms in total. The molecule has 1 amide bonds. The number of fused-ring (bicyclic) bond motifs is 1. The lowest BCUT2D eigenvalue weighted by Crippen LogP contribution is -2.07. The number of carbonyl (C=O) groups is 1. The normalized spacial score (nSPS) is 11.6. The molecular formula is C18H15F3N2O2S. The summed E-state index contributed by atoms with van der Waals surface area (Å²) in [6.45, 7) is 3.43. The molecule has 0 radical (unpaired) electrons. The molecule has 0 bridgehead atoms. The van der Waals surface area contributed by atoms with Gasteiger partial charge in [0.1, 0.15) is 17.4 Å². The first-order chi connectivity index (χ1) is 12.2. The van der Waals surface area contributed by atoms with Gasteiger partial charge in [0.05, 0.1) is 15.8 Å². The van der Waals surface area contributed by atoms with Gasteiger partial charge in [-0.15, -0.1) is 11.3 Å². The van der Waals surface area contributed by atoms with Crippen LogP contribution in [0, 0.1) is 6.92 Å². The average molecular weight is 380 g/mol. The Morgan fingerprint density at radius 1 is 1.23 bits per heavy atom. The van der Waals surface area contributed by atoms with Crippen molar-refractivity contribution < 1.29 is 22.7 Å². The molecule has 1 N–H and O–H groups in total. The van der Waals surface area contributed by atoms with Crippen molar-refractivity contribution in [2.75, 3.05) is 5.32 Å². The lowest BCUT2D eigenvalue weighted by Gasteiger charge is -2.09. The fourth-order valence-electron chi connectivity index (χ4n) is 2.41. The molecule has 26 heavy (non-hydrogen) atoms. The minimum atomic E-state index is -4.39. The summed E-state index contributed by atoms with van der Waals surface area (Å²) in [5, 5.41) is 3.30. The summed E-state index contributed by atoms with van der Waals surface area (Å²) in [6, 6.07) is 8.75. The Kier molecular flexibility index (Phi) is 4.86. The van der Waals surface area contributed by atoms with Gasteiger partial charge in [-0.3, -0.25) is 4.79 Å². The molecule has 0 fully saturated rings. The number of benzene rings is 2. The highest BCUT2D eigenvalue weighted by atomic mass is 32.1. The molecule has 136 valence electrons. The predicted molar refractivity (Wildman–Crippen MR) is 94.4 cm³/mol. The first-order valence-corrected chi connectivity index (χ1v) is 8.52. The first-order valence-electron chi connectivity index (χ1n) is 7.70. The lowest BCUT2D eigenvalue weighted by molar-refractivity contribution is -0.137. The molecule has 3 rings (SSSR count). The van der Waals surface area contributed by atoms with Gasteiger partial charge in [-0.25, -0.2) is 4.98 Å². The van der Waals surface area contributed by atoms with E-state index in [-0.39, 0.29) is 12.5 Å². The van der Waals surface area contributed by atoms with Crippen LogP contribution in [0.2, 0.25) is 0 Å². The number of amides is 1. The molecule has 0 unspecified atom stereocenters. The number of thiazole rings is 1. The van der Waals surface area contributed by atoms with E-state index in [1.807, 2.05) is 6.92 Å². The van der Waals surface area contributed by atoms with E-state index in [9.17, 15) is 18.0 Å². The van der Waals surface area contributed by atoms with Crippen molar-refractivity contribution in [2.24, 2.45) is 0 Å². The molecule has 0 aliphatic heterocycles. The van der Waals surface area contributed by atoms with Crippen LogP contribution in [0.25, 0.3) is 10.2 Å². The van der Waals surface area contributed by atoms with E-state index < -0.39 is 11.7 Å². The van der Waals surface area contributed by atoms with Gasteiger partial charge < -0.3 is 10.1 Å². The number of aryl methyl sites for hydroxylation is 1. The first kappa shape index (κ1) is 18.2. The number of hydrogen-bond donors (Lipinski definition) is 1. The van der Waals surface area contributed by atoms with E-state index in [2.05, 4.69) is 10.3 Å². The number of ether oxygens (including phenoxy) is 1. The van der Waals surface area contributed by atoms with Crippen molar-refractivity contribution in [1.82, 2.24) is 4.98 Å². The van der Waals surface area contributed by atoms with Crippen LogP contribution >= 0.6 is 11.3 Å². The van der Waals surface area contributed by atoms with Crippen molar-refractivity contribution >= 4 is 33.1 Å². The standard InChI is InChI=1S/C18H15F3N2O2S/c1-10-7-13(4-5-14(10)22-11(2)24)25-9-17-23-15-8-12(18(19,20)21)3-6-16(15)26-17/h3-8H,9H2,1-2H3,(H,22,24). The highest BCUT2D eigenvalue weighted by molar-refractivity contribution is 7.18. The molecule has 1 aromatic heterocycles. The van der Waals surface area contributed by atoms with Crippen LogP contribution in [-0.2, 0) is 17.6 Å². The Bertz CT molecular complexity index is 967. The number of halogens is 3. The molecule has 0 spiro atoms. The topological polar surface area (TPSA) is 51.2 Å². The molecule has 3 aromatic rings. The van der Waals surface area contributed by atoms with Gasteiger partial charge in [-0.2, -0.15) is 13.2 Å². The largest absolute Gasteiger partial charge is 0.486 e. The van der Waals surface area contributed by atoms with Gasteiger partial charge in [0.2, 0.25) is 5.91 Å². The van der Waals surface area contributed by atoms with Crippen LogP contribution in [0.15, 0.2) is 36.4 Å². The molecule has 0 aliphatic carbocycles. The second-order valence-corrected chi connectivity index (χ2v) is 6.85. The van der Waals surface area contributed by atoms with Crippen LogP contribution in [-0.4, -0.2) is 10.9 Å². The van der Waals surface area contributed by atoms with E-state index in [0.29, 0.717) is 26.7 Å². The summed E-state index contributed by atoms with van der Waals surface area (Å²) in [4.78, 5) is 15.3. The molecule has 0 saturated heterocycles. The third-order valence-electron chi connectivity index (χ3n) is 3.63. The molecule has 0 atom stereocenters. The maximum Gasteiger partial charge on any atom is 0.416 e. The summed E-state index contributed by atoms with van der Waals surface area (Å²) >= 11 is 1.29. The summed E-state index contributed by atoms with van der Waals surface area (Å²) in [5.41, 5.74) is 1.13. The number of hydrogen-bond acceptors (Lipinski definition) is 4. The number of anilines is 1. The molecule has 0 aliphatic rings. The maximum absolute atomic E-state index is 12.8. The van der Waals surface area contributed by atoms with Crippen molar-refractivity contribution in [3.8, 4) is 5.75 Å². The van der Waals surface area contributed by atoms with E-state index >= 15 is 0 Å². The number of rotatable bonds is 4. The van der Waals surface area contributed by atoms with E-state index in [1.54, 1.807) is 18.2 Å². The number of alkyl halides is 3. The highest BCUT2D eigenvalue weighted by Gasteiger charge is 2.30. The zero-order chi connectivity index (χ0) is 18.9. The number of carbonyl (C=O) groups excluding carboxylic acids is 1. The molecular weight excluding hydrogens is 365 g/mol. The van der Waals surface area contributed by atoms with Gasteiger partial charge in [0, 0.05) is 12.6 Å². The Labute approximate surface area is 151 Å². The van der Waals surface area contributed by atoms with Gasteiger partial charge in [-0.05, 0) is 48.9 Å². The van der Waals surface area contributed by atoms with Gasteiger partial charge in [0.15, 0.2) is 0 Å².